The maximum absolute atomic E-state index is 13.7. The molecule has 43 heavy (non-hydrogen) atoms. The highest BCUT2D eigenvalue weighted by molar-refractivity contribution is 5.86. The topological polar surface area (TPSA) is 100 Å². The lowest BCUT2D eigenvalue weighted by molar-refractivity contribution is -0.123. The van der Waals surface area contributed by atoms with Gasteiger partial charge in [0, 0.05) is 37.6 Å². The highest BCUT2D eigenvalue weighted by atomic mass is 16.6. The Morgan fingerprint density at radius 3 is 2.58 bits per heavy atom. The fourth-order valence-corrected chi connectivity index (χ4v) is 5.10. The van der Waals surface area contributed by atoms with Crippen LogP contribution in [0.3, 0.4) is 0 Å². The Hall–Kier alpha value is -4.90. The molecule has 3 aromatic carbocycles. The maximum Gasteiger partial charge on any atom is 0.410 e. The average molecular weight is 578 g/mol. The molecular formula is C35H39N5O3. The highest BCUT2D eigenvalue weighted by Gasteiger charge is 2.28. The lowest BCUT2D eigenvalue weighted by Gasteiger charge is -2.32. The van der Waals surface area contributed by atoms with Crippen LogP contribution in [0.2, 0.25) is 0 Å². The number of carbonyl (C=O) groups excluding carboxylic acids is 2. The number of carbonyl (C=O) groups is 2. The van der Waals surface area contributed by atoms with Crippen molar-refractivity contribution in [1.29, 1.82) is 5.26 Å². The van der Waals surface area contributed by atoms with Crippen LogP contribution in [0.5, 0.6) is 0 Å². The summed E-state index contributed by atoms with van der Waals surface area (Å²) in [7, 11) is 0. The van der Waals surface area contributed by atoms with Gasteiger partial charge in [0.2, 0.25) is 5.91 Å². The van der Waals surface area contributed by atoms with Gasteiger partial charge in [0.05, 0.1) is 23.9 Å². The first-order valence-electron chi connectivity index (χ1n) is 14.6. The number of nitriles is 1. The van der Waals surface area contributed by atoms with Crippen LogP contribution in [0, 0.1) is 17.2 Å². The minimum Gasteiger partial charge on any atom is -0.445 e. The second kappa shape index (κ2) is 14.8. The SMILES string of the molecule is C=CCOC(=O)N(Cc1cccc2ccccc12)C[C@@H](NC(=O)[C@H](C)c1cncn1Cc1ccc(C#N)cc1)[C@@H](C)CC. The van der Waals surface area contributed by atoms with E-state index in [4.69, 9.17) is 10.00 Å². The van der Waals surface area contributed by atoms with Crippen LogP contribution in [0.4, 0.5) is 4.79 Å². The van der Waals surface area contributed by atoms with Crippen molar-refractivity contribution in [3.63, 3.8) is 0 Å². The minimum atomic E-state index is -0.480. The molecule has 1 N–H and O–H groups in total. The van der Waals surface area contributed by atoms with Crippen molar-refractivity contribution in [2.75, 3.05) is 13.2 Å². The number of fused-ring (bicyclic) bond motifs is 1. The van der Waals surface area contributed by atoms with E-state index in [1.165, 1.54) is 0 Å². The molecule has 4 rings (SSSR count). The van der Waals surface area contributed by atoms with Gasteiger partial charge >= 0.3 is 6.09 Å². The van der Waals surface area contributed by atoms with Crippen molar-refractivity contribution in [3.05, 3.63) is 114 Å². The fourth-order valence-electron chi connectivity index (χ4n) is 5.10. The summed E-state index contributed by atoms with van der Waals surface area (Å²) in [4.78, 5) is 32.9. The van der Waals surface area contributed by atoms with Gasteiger partial charge in [-0.25, -0.2) is 9.78 Å². The molecule has 0 aliphatic carbocycles. The van der Waals surface area contributed by atoms with Crippen LogP contribution in [0.25, 0.3) is 10.8 Å². The van der Waals surface area contributed by atoms with E-state index >= 15 is 0 Å². The molecule has 0 saturated carbocycles. The molecule has 4 aromatic rings. The first-order valence-corrected chi connectivity index (χ1v) is 14.6. The molecule has 0 radical (unpaired) electrons. The first-order chi connectivity index (χ1) is 20.8. The summed E-state index contributed by atoms with van der Waals surface area (Å²) in [5, 5.41) is 14.5. The molecule has 0 unspecified atom stereocenters. The zero-order valence-corrected chi connectivity index (χ0v) is 25.1. The van der Waals surface area contributed by atoms with E-state index in [9.17, 15) is 9.59 Å². The molecule has 3 atom stereocenters. The molecular weight excluding hydrogens is 538 g/mol. The molecule has 0 fully saturated rings. The molecule has 0 saturated heterocycles. The summed E-state index contributed by atoms with van der Waals surface area (Å²) in [6, 6.07) is 23.3. The number of rotatable bonds is 13. The van der Waals surface area contributed by atoms with Gasteiger partial charge in [-0.15, -0.1) is 0 Å². The van der Waals surface area contributed by atoms with Gasteiger partial charge in [-0.05, 0) is 46.9 Å². The van der Waals surface area contributed by atoms with Gasteiger partial charge in [0.1, 0.15) is 6.61 Å². The predicted octanol–water partition coefficient (Wildman–Crippen LogP) is 6.42. The van der Waals surface area contributed by atoms with Crippen molar-refractivity contribution < 1.29 is 14.3 Å². The standard InChI is InChI=1S/C35H39N5O3/c1-5-18-43-35(42)39(22-30-12-9-11-29-10-7-8-13-31(29)30)23-32(25(3)6-2)38-34(41)26(4)33-20-37-24-40(33)21-28-16-14-27(19-36)15-17-28/h5,7-17,20,24-26,32H,1,6,18,21-23H2,2-4H3,(H,38,41)/t25-,26+,32+/m0/s1. The Balaban J connectivity index is 1.53. The van der Waals surface area contributed by atoms with E-state index in [0.717, 1.165) is 34.0 Å². The number of amides is 2. The van der Waals surface area contributed by atoms with E-state index in [-0.39, 0.29) is 31.0 Å². The fraction of sp³-hybridized carbons (Fsp3) is 0.314. The summed E-state index contributed by atoms with van der Waals surface area (Å²) in [5.41, 5.74) is 3.39. The Kier molecular flexibility index (Phi) is 10.7. The molecule has 0 aliphatic rings. The number of aromatic nitrogens is 2. The molecule has 8 nitrogen and oxygen atoms in total. The zero-order valence-electron chi connectivity index (χ0n) is 25.1. The Morgan fingerprint density at radius 1 is 1.12 bits per heavy atom. The van der Waals surface area contributed by atoms with Crippen molar-refractivity contribution in [2.24, 2.45) is 5.92 Å². The smallest absolute Gasteiger partial charge is 0.410 e. The van der Waals surface area contributed by atoms with E-state index in [2.05, 4.69) is 55.0 Å². The van der Waals surface area contributed by atoms with Crippen LogP contribution in [-0.2, 0) is 22.6 Å². The predicted molar refractivity (Wildman–Crippen MR) is 168 cm³/mol. The number of nitrogens with zero attached hydrogens (tertiary/aromatic N) is 4. The molecule has 222 valence electrons. The Labute approximate surface area is 253 Å². The van der Waals surface area contributed by atoms with Crippen molar-refractivity contribution in [3.8, 4) is 6.07 Å². The highest BCUT2D eigenvalue weighted by Crippen LogP contribution is 2.23. The lowest BCUT2D eigenvalue weighted by Crippen LogP contribution is -2.49. The monoisotopic (exact) mass is 577 g/mol. The molecule has 0 aliphatic heterocycles. The summed E-state index contributed by atoms with van der Waals surface area (Å²) >= 11 is 0. The van der Waals surface area contributed by atoms with Gasteiger partial charge in [-0.1, -0.05) is 87.5 Å². The van der Waals surface area contributed by atoms with Crippen LogP contribution in [-0.4, -0.2) is 45.6 Å². The van der Waals surface area contributed by atoms with Crippen LogP contribution in [0.1, 0.15) is 55.5 Å². The van der Waals surface area contributed by atoms with Crippen LogP contribution in [0.15, 0.2) is 91.9 Å². The second-order valence-corrected chi connectivity index (χ2v) is 10.9. The third-order valence-electron chi connectivity index (χ3n) is 7.92. The molecule has 0 bridgehead atoms. The van der Waals surface area contributed by atoms with Crippen molar-refractivity contribution in [1.82, 2.24) is 19.8 Å². The van der Waals surface area contributed by atoms with E-state index in [1.54, 1.807) is 35.6 Å². The Morgan fingerprint density at radius 2 is 1.86 bits per heavy atom. The van der Waals surface area contributed by atoms with E-state index in [0.29, 0.717) is 18.7 Å². The minimum absolute atomic E-state index is 0.0990. The number of hydrogen-bond donors (Lipinski definition) is 1. The number of nitrogens with one attached hydrogen (secondary N) is 1. The number of imidazole rings is 1. The third kappa shape index (κ3) is 7.89. The van der Waals surface area contributed by atoms with Crippen molar-refractivity contribution in [2.45, 2.75) is 52.2 Å². The van der Waals surface area contributed by atoms with E-state index in [1.807, 2.05) is 47.9 Å². The van der Waals surface area contributed by atoms with Gasteiger partial charge in [-0.2, -0.15) is 5.26 Å². The number of hydrogen-bond acceptors (Lipinski definition) is 5. The van der Waals surface area contributed by atoms with E-state index < -0.39 is 12.0 Å². The van der Waals surface area contributed by atoms with Crippen molar-refractivity contribution >= 4 is 22.8 Å². The zero-order chi connectivity index (χ0) is 30.8. The molecule has 2 amide bonds. The van der Waals surface area contributed by atoms with Crippen LogP contribution < -0.4 is 5.32 Å². The molecule has 1 heterocycles. The van der Waals surface area contributed by atoms with Gasteiger partial charge < -0.3 is 19.5 Å². The van der Waals surface area contributed by atoms with Gasteiger partial charge in [0.15, 0.2) is 0 Å². The summed E-state index contributed by atoms with van der Waals surface area (Å²) in [5.74, 6) is -0.523. The van der Waals surface area contributed by atoms with Gasteiger partial charge in [-0.3, -0.25) is 4.79 Å². The maximum atomic E-state index is 13.7. The average Bonchev–Trinajstić information content (AvgIpc) is 3.50. The van der Waals surface area contributed by atoms with Crippen LogP contribution >= 0.6 is 0 Å². The summed E-state index contributed by atoms with van der Waals surface area (Å²) < 4.78 is 7.42. The molecule has 0 spiro atoms. The largest absolute Gasteiger partial charge is 0.445 e. The third-order valence-corrected chi connectivity index (χ3v) is 7.92. The second-order valence-electron chi connectivity index (χ2n) is 10.9. The molecule has 1 aromatic heterocycles. The quantitative estimate of drug-likeness (QED) is 0.185. The normalized spacial score (nSPS) is 13.0. The van der Waals surface area contributed by atoms with Gasteiger partial charge in [0.25, 0.3) is 0 Å². The number of ether oxygens (including phenoxy) is 1. The number of benzene rings is 3. The lowest BCUT2D eigenvalue weighted by atomic mass is 9.96. The molecule has 8 heteroatoms. The summed E-state index contributed by atoms with van der Waals surface area (Å²) in [6.45, 7) is 10.9. The first kappa shape index (κ1) is 31.0. The summed E-state index contributed by atoms with van der Waals surface area (Å²) in [6.07, 6.45) is 5.34. The Bertz CT molecular complexity index is 1580.